The van der Waals surface area contributed by atoms with Crippen molar-refractivity contribution in [2.75, 3.05) is 49.8 Å². The smallest absolute Gasteiger partial charge is 0.293 e. The minimum atomic E-state index is -1.26. The lowest BCUT2D eigenvalue weighted by atomic mass is 9.95. The first kappa shape index (κ1) is 21.0. The molecule has 7 heteroatoms. The van der Waals surface area contributed by atoms with Gasteiger partial charge in [0, 0.05) is 37.4 Å². The van der Waals surface area contributed by atoms with Crippen molar-refractivity contribution in [1.29, 1.82) is 0 Å². The number of benzene rings is 2. The molecule has 6 rings (SSSR count). The van der Waals surface area contributed by atoms with Crippen LogP contribution in [0.4, 0.5) is 11.4 Å². The first-order valence-electron chi connectivity index (χ1n) is 12.1. The average molecular weight is 450 g/mol. The zero-order valence-corrected chi connectivity index (χ0v) is 19.1. The standard InChI is InChI=1S/C26H31N3O4/c1-31-20-12-10-19(11-13-20)28-16-14-27(15-17-28)18-29-22-7-3-2-6-21(22)26(25(29)30)32-23-8-4-5-9-24(23)33-26/h2-3,6-7,10-13,23-24H,4-5,8-9,14-18H2,1H3/t23-,24-/m0/s1. The first-order chi connectivity index (χ1) is 16.2. The highest BCUT2D eigenvalue weighted by Gasteiger charge is 2.61. The summed E-state index contributed by atoms with van der Waals surface area (Å²) in [5.41, 5.74) is 2.98. The zero-order chi connectivity index (χ0) is 22.4. The Hall–Kier alpha value is -2.61. The van der Waals surface area contributed by atoms with Crippen LogP contribution in [-0.2, 0) is 20.1 Å². The van der Waals surface area contributed by atoms with E-state index in [-0.39, 0.29) is 18.1 Å². The lowest BCUT2D eigenvalue weighted by Gasteiger charge is -2.38. The Kier molecular flexibility index (Phi) is 5.28. The molecule has 33 heavy (non-hydrogen) atoms. The van der Waals surface area contributed by atoms with Gasteiger partial charge in [0.25, 0.3) is 11.7 Å². The molecule has 1 amide bonds. The third kappa shape index (κ3) is 3.50. The number of methoxy groups -OCH3 is 1. The Morgan fingerprint density at radius 3 is 2.27 bits per heavy atom. The summed E-state index contributed by atoms with van der Waals surface area (Å²) in [7, 11) is 1.69. The van der Waals surface area contributed by atoms with E-state index in [0.29, 0.717) is 6.67 Å². The summed E-state index contributed by atoms with van der Waals surface area (Å²) in [6, 6.07) is 16.2. The van der Waals surface area contributed by atoms with Crippen LogP contribution in [0.5, 0.6) is 5.75 Å². The van der Waals surface area contributed by atoms with Gasteiger partial charge in [-0.2, -0.15) is 0 Å². The molecule has 0 radical (unpaired) electrons. The second kappa shape index (κ2) is 8.31. The predicted molar refractivity (Wildman–Crippen MR) is 125 cm³/mol. The van der Waals surface area contributed by atoms with Gasteiger partial charge in [0.15, 0.2) is 0 Å². The van der Waals surface area contributed by atoms with Gasteiger partial charge in [0.2, 0.25) is 0 Å². The van der Waals surface area contributed by atoms with Gasteiger partial charge in [-0.25, -0.2) is 0 Å². The van der Waals surface area contributed by atoms with Crippen molar-refractivity contribution < 1.29 is 19.0 Å². The fourth-order valence-electron chi connectivity index (χ4n) is 5.68. The van der Waals surface area contributed by atoms with Gasteiger partial charge in [-0.15, -0.1) is 0 Å². The van der Waals surface area contributed by atoms with E-state index in [2.05, 4.69) is 21.9 Å². The molecule has 1 spiro atoms. The third-order valence-corrected chi connectivity index (χ3v) is 7.50. The highest BCUT2D eigenvalue weighted by Crippen LogP contribution is 2.51. The van der Waals surface area contributed by atoms with E-state index in [4.69, 9.17) is 14.2 Å². The number of hydrogen-bond donors (Lipinski definition) is 0. The molecule has 4 aliphatic rings. The van der Waals surface area contributed by atoms with Crippen LogP contribution in [0.15, 0.2) is 48.5 Å². The predicted octanol–water partition coefficient (Wildman–Crippen LogP) is 3.33. The number of carbonyl (C=O) groups excluding carboxylic acids is 1. The topological polar surface area (TPSA) is 54.5 Å². The average Bonchev–Trinajstić information content (AvgIpc) is 3.37. The molecule has 3 fully saturated rings. The molecule has 0 N–H and O–H groups in total. The van der Waals surface area contributed by atoms with Gasteiger partial charge in [-0.3, -0.25) is 14.6 Å². The van der Waals surface area contributed by atoms with Gasteiger partial charge < -0.3 is 19.1 Å². The van der Waals surface area contributed by atoms with Crippen molar-refractivity contribution in [1.82, 2.24) is 4.90 Å². The zero-order valence-electron chi connectivity index (χ0n) is 19.1. The fourth-order valence-corrected chi connectivity index (χ4v) is 5.68. The molecule has 0 aromatic heterocycles. The number of para-hydroxylation sites is 1. The van der Waals surface area contributed by atoms with Crippen LogP contribution in [0.1, 0.15) is 31.2 Å². The molecule has 3 aliphatic heterocycles. The van der Waals surface area contributed by atoms with Gasteiger partial charge in [0.1, 0.15) is 5.75 Å². The summed E-state index contributed by atoms with van der Waals surface area (Å²) in [4.78, 5) is 20.4. The van der Waals surface area contributed by atoms with Crippen LogP contribution in [-0.4, -0.2) is 63.0 Å². The highest BCUT2D eigenvalue weighted by atomic mass is 16.8. The second-order valence-corrected chi connectivity index (χ2v) is 9.41. The number of piperazine rings is 1. The summed E-state index contributed by atoms with van der Waals surface area (Å²) >= 11 is 0. The molecule has 2 aromatic rings. The third-order valence-electron chi connectivity index (χ3n) is 7.50. The molecule has 1 saturated carbocycles. The molecule has 2 saturated heterocycles. The lowest BCUT2D eigenvalue weighted by molar-refractivity contribution is -0.190. The SMILES string of the molecule is COc1ccc(N2CCN(CN3C(=O)C4(O[C@H]5CCCC[C@@H]5O4)c4ccccc43)CC2)cc1. The number of anilines is 2. The fraction of sp³-hybridized carbons (Fsp3) is 0.500. The number of ether oxygens (including phenoxy) is 3. The van der Waals surface area contributed by atoms with Crippen LogP contribution in [0.25, 0.3) is 0 Å². The first-order valence-corrected chi connectivity index (χ1v) is 12.1. The van der Waals surface area contributed by atoms with Crippen molar-refractivity contribution in [2.45, 2.75) is 43.7 Å². The number of amides is 1. The molecule has 0 bridgehead atoms. The van der Waals surface area contributed by atoms with E-state index in [9.17, 15) is 4.79 Å². The van der Waals surface area contributed by atoms with Crippen LogP contribution in [0.2, 0.25) is 0 Å². The Bertz CT molecular complexity index is 1000. The quantitative estimate of drug-likeness (QED) is 0.714. The summed E-state index contributed by atoms with van der Waals surface area (Å²) in [5, 5.41) is 0. The summed E-state index contributed by atoms with van der Waals surface area (Å²) in [6.45, 7) is 4.16. The van der Waals surface area contributed by atoms with E-state index in [1.54, 1.807) is 7.11 Å². The number of hydrogen-bond acceptors (Lipinski definition) is 6. The van der Waals surface area contributed by atoms with E-state index in [1.807, 2.05) is 41.3 Å². The number of rotatable bonds is 4. The maximum atomic E-state index is 13.8. The van der Waals surface area contributed by atoms with Gasteiger partial charge in [-0.05, 0) is 43.2 Å². The largest absolute Gasteiger partial charge is 0.497 e. The number of fused-ring (bicyclic) bond motifs is 3. The van der Waals surface area contributed by atoms with Crippen LogP contribution < -0.4 is 14.5 Å². The Morgan fingerprint density at radius 2 is 1.61 bits per heavy atom. The Labute approximate surface area is 194 Å². The van der Waals surface area contributed by atoms with E-state index < -0.39 is 5.79 Å². The van der Waals surface area contributed by atoms with E-state index >= 15 is 0 Å². The monoisotopic (exact) mass is 449 g/mol. The second-order valence-electron chi connectivity index (χ2n) is 9.41. The van der Waals surface area contributed by atoms with Gasteiger partial charge >= 0.3 is 0 Å². The minimum Gasteiger partial charge on any atom is -0.497 e. The lowest BCUT2D eigenvalue weighted by Crippen LogP contribution is -2.52. The maximum Gasteiger partial charge on any atom is 0.293 e. The number of nitrogens with zero attached hydrogens (tertiary/aromatic N) is 3. The molecule has 174 valence electrons. The molecule has 2 atom stereocenters. The van der Waals surface area contributed by atoms with Crippen molar-refractivity contribution in [3.63, 3.8) is 0 Å². The van der Waals surface area contributed by atoms with Gasteiger partial charge in [0.05, 0.1) is 31.7 Å². The molecular weight excluding hydrogens is 418 g/mol. The molecule has 0 unspecified atom stereocenters. The Balaban J connectivity index is 1.17. The van der Waals surface area contributed by atoms with Crippen LogP contribution >= 0.6 is 0 Å². The van der Waals surface area contributed by atoms with Crippen LogP contribution in [0, 0.1) is 0 Å². The molecule has 1 aliphatic carbocycles. The molecule has 7 nitrogen and oxygen atoms in total. The van der Waals surface area contributed by atoms with E-state index in [1.165, 1.54) is 5.69 Å². The van der Waals surface area contributed by atoms with Crippen LogP contribution in [0.3, 0.4) is 0 Å². The van der Waals surface area contributed by atoms with Crippen molar-refractivity contribution >= 4 is 17.3 Å². The minimum absolute atomic E-state index is 0.0174. The van der Waals surface area contributed by atoms with Crippen molar-refractivity contribution in [3.05, 3.63) is 54.1 Å². The normalized spacial score (nSPS) is 26.5. The van der Waals surface area contributed by atoms with E-state index in [0.717, 1.165) is 68.9 Å². The maximum absolute atomic E-state index is 13.8. The highest BCUT2D eigenvalue weighted by molar-refractivity contribution is 6.06. The van der Waals surface area contributed by atoms with Crippen molar-refractivity contribution in [2.24, 2.45) is 0 Å². The van der Waals surface area contributed by atoms with Crippen molar-refractivity contribution in [3.8, 4) is 5.75 Å². The molecule has 2 aromatic carbocycles. The summed E-state index contributed by atoms with van der Waals surface area (Å²) in [5.74, 6) is -0.467. The molecule has 3 heterocycles. The number of carbonyl (C=O) groups is 1. The molecular formula is C26H31N3O4. The van der Waals surface area contributed by atoms with Gasteiger partial charge in [-0.1, -0.05) is 31.0 Å². The Morgan fingerprint density at radius 1 is 0.939 bits per heavy atom. The summed E-state index contributed by atoms with van der Waals surface area (Å²) < 4.78 is 18.1. The summed E-state index contributed by atoms with van der Waals surface area (Å²) in [6.07, 6.45) is 4.24.